The van der Waals surface area contributed by atoms with Crippen molar-refractivity contribution in [1.82, 2.24) is 29.6 Å². The number of likely N-dealkylation sites (N-methyl/N-ethyl adjacent to an activating group) is 1. The Bertz CT molecular complexity index is 1220. The molecule has 0 radical (unpaired) electrons. The molecule has 0 spiro atoms. The van der Waals surface area contributed by atoms with Gasteiger partial charge in [0.15, 0.2) is 11.6 Å². The Morgan fingerprint density at radius 1 is 1.26 bits per heavy atom. The molecule has 0 unspecified atom stereocenters. The first kappa shape index (κ1) is 23.9. The van der Waals surface area contributed by atoms with Gasteiger partial charge in [-0.15, -0.1) is 5.10 Å². The number of rotatable bonds is 6. The molecule has 1 saturated heterocycles. The fraction of sp³-hybridized carbons (Fsp3) is 0.522. The normalized spacial score (nSPS) is 18.8. The van der Waals surface area contributed by atoms with Gasteiger partial charge in [-0.1, -0.05) is 13.8 Å². The first-order chi connectivity index (χ1) is 16.0. The quantitative estimate of drug-likeness (QED) is 0.589. The summed E-state index contributed by atoms with van der Waals surface area (Å²) in [5.41, 5.74) is 1.10. The summed E-state index contributed by atoms with van der Waals surface area (Å²) >= 11 is 0. The molecule has 4 heterocycles. The first-order valence-electron chi connectivity index (χ1n) is 11.3. The molecule has 1 amide bonds. The van der Waals surface area contributed by atoms with Crippen molar-refractivity contribution in [3.8, 4) is 5.82 Å². The van der Waals surface area contributed by atoms with Crippen LogP contribution in [0.1, 0.15) is 39.2 Å². The molecule has 0 saturated carbocycles. The third kappa shape index (κ3) is 4.56. The fourth-order valence-corrected chi connectivity index (χ4v) is 4.42. The Balaban J connectivity index is 1.90. The fourth-order valence-electron chi connectivity index (χ4n) is 4.42. The predicted molar refractivity (Wildman–Crippen MR) is 127 cm³/mol. The number of hydrogen-bond acceptors (Lipinski definition) is 7. The molecule has 1 aliphatic rings. The lowest BCUT2D eigenvalue weighted by atomic mass is 10.1. The first-order valence-corrected chi connectivity index (χ1v) is 11.3. The van der Waals surface area contributed by atoms with Gasteiger partial charge in [0.1, 0.15) is 5.82 Å². The van der Waals surface area contributed by atoms with Crippen LogP contribution in [0, 0.1) is 5.92 Å². The molecular formula is C23H30F2N8O. The molecule has 0 aliphatic carbocycles. The van der Waals surface area contributed by atoms with E-state index in [2.05, 4.69) is 51.1 Å². The third-order valence-electron chi connectivity index (χ3n) is 6.12. The molecule has 1 fully saturated rings. The molecule has 0 bridgehead atoms. The second-order valence-corrected chi connectivity index (χ2v) is 9.20. The van der Waals surface area contributed by atoms with Gasteiger partial charge in [0, 0.05) is 57.0 Å². The van der Waals surface area contributed by atoms with Gasteiger partial charge in [0.05, 0.1) is 10.9 Å². The number of pyridine rings is 1. The highest BCUT2D eigenvalue weighted by atomic mass is 19.3. The number of aryl methyl sites for hydroxylation is 1. The molecule has 9 nitrogen and oxygen atoms in total. The van der Waals surface area contributed by atoms with Crippen LogP contribution in [0.2, 0.25) is 0 Å². The van der Waals surface area contributed by atoms with Gasteiger partial charge in [-0.25, -0.2) is 19.6 Å². The second-order valence-electron chi connectivity index (χ2n) is 9.20. The van der Waals surface area contributed by atoms with Crippen LogP contribution in [0.3, 0.4) is 0 Å². The van der Waals surface area contributed by atoms with E-state index >= 15 is 0 Å². The van der Waals surface area contributed by atoms with Crippen molar-refractivity contribution in [2.45, 2.75) is 46.1 Å². The summed E-state index contributed by atoms with van der Waals surface area (Å²) in [7, 11) is 4.12. The number of aromatic nitrogens is 5. The van der Waals surface area contributed by atoms with E-state index in [0.717, 1.165) is 25.4 Å². The van der Waals surface area contributed by atoms with Crippen molar-refractivity contribution in [2.24, 2.45) is 5.92 Å². The zero-order valence-corrected chi connectivity index (χ0v) is 20.3. The smallest absolute Gasteiger partial charge is 0.303 e. The van der Waals surface area contributed by atoms with Crippen molar-refractivity contribution in [3.05, 3.63) is 29.8 Å². The topological polar surface area (TPSA) is 92.1 Å². The number of fused-ring (bicyclic) bond motifs is 1. The van der Waals surface area contributed by atoms with Crippen LogP contribution in [0.4, 0.5) is 20.4 Å². The van der Waals surface area contributed by atoms with Crippen molar-refractivity contribution in [2.75, 3.05) is 37.4 Å². The third-order valence-corrected chi connectivity index (χ3v) is 6.12. The number of amides is 1. The van der Waals surface area contributed by atoms with Crippen LogP contribution < -0.4 is 10.2 Å². The highest BCUT2D eigenvalue weighted by Crippen LogP contribution is 2.34. The minimum atomic E-state index is -3.20. The van der Waals surface area contributed by atoms with Crippen molar-refractivity contribution in [1.29, 1.82) is 0 Å². The molecule has 1 aliphatic heterocycles. The van der Waals surface area contributed by atoms with Crippen molar-refractivity contribution >= 4 is 28.4 Å². The highest BCUT2D eigenvalue weighted by molar-refractivity contribution is 5.95. The molecule has 1 N–H and O–H groups in total. The average Bonchev–Trinajstić information content (AvgIpc) is 3.32. The van der Waals surface area contributed by atoms with Crippen LogP contribution in [-0.4, -0.2) is 68.8 Å². The molecule has 3 aromatic heterocycles. The van der Waals surface area contributed by atoms with Gasteiger partial charge >= 0.3 is 5.92 Å². The molecule has 182 valence electrons. The Labute approximate surface area is 197 Å². The summed E-state index contributed by atoms with van der Waals surface area (Å²) in [5, 5.41) is 8.25. The lowest BCUT2D eigenvalue weighted by Crippen LogP contribution is -2.34. The van der Waals surface area contributed by atoms with Gasteiger partial charge in [-0.3, -0.25) is 4.79 Å². The van der Waals surface area contributed by atoms with Crippen LogP contribution in [0.15, 0.2) is 18.3 Å². The van der Waals surface area contributed by atoms with E-state index in [0.29, 0.717) is 41.2 Å². The average molecular weight is 473 g/mol. The van der Waals surface area contributed by atoms with Gasteiger partial charge in [-0.2, -0.15) is 8.78 Å². The van der Waals surface area contributed by atoms with Crippen molar-refractivity contribution < 1.29 is 13.6 Å². The maximum Gasteiger partial charge on any atom is 0.303 e. The van der Waals surface area contributed by atoms with Crippen LogP contribution in [-0.2, 0) is 17.1 Å². The number of carbonyl (C=O) groups excluding carboxylic acids is 1. The minimum absolute atomic E-state index is 0.246. The molecule has 0 aromatic carbocycles. The Kier molecular flexibility index (Phi) is 6.24. The summed E-state index contributed by atoms with van der Waals surface area (Å²) in [6.45, 7) is 7.80. The predicted octanol–water partition coefficient (Wildman–Crippen LogP) is 3.23. The number of halogens is 2. The number of alkyl halides is 2. The van der Waals surface area contributed by atoms with Gasteiger partial charge in [-0.05, 0) is 26.4 Å². The molecule has 3 aromatic rings. The van der Waals surface area contributed by atoms with Gasteiger partial charge < -0.3 is 15.1 Å². The highest BCUT2D eigenvalue weighted by Gasteiger charge is 2.34. The molecule has 34 heavy (non-hydrogen) atoms. The number of hydrogen-bond donors (Lipinski definition) is 1. The zero-order valence-electron chi connectivity index (χ0n) is 20.3. The van der Waals surface area contributed by atoms with E-state index in [9.17, 15) is 13.6 Å². The van der Waals surface area contributed by atoms with E-state index in [1.165, 1.54) is 6.92 Å². The van der Waals surface area contributed by atoms with E-state index in [4.69, 9.17) is 5.10 Å². The molecule has 4 rings (SSSR count). The monoisotopic (exact) mass is 472 g/mol. The van der Waals surface area contributed by atoms with E-state index in [-0.39, 0.29) is 11.7 Å². The minimum Gasteiger partial charge on any atom is -0.353 e. The zero-order chi connectivity index (χ0) is 24.8. The number of carbonyl (C=O) groups is 1. The van der Waals surface area contributed by atoms with Crippen LogP contribution in [0.25, 0.3) is 16.7 Å². The Morgan fingerprint density at radius 3 is 2.59 bits per heavy atom. The summed E-state index contributed by atoms with van der Waals surface area (Å²) in [5.74, 6) is -2.30. The molecule has 2 atom stereocenters. The maximum atomic E-state index is 14.2. The summed E-state index contributed by atoms with van der Waals surface area (Å²) in [6.07, 6.45) is 2.13. The second kappa shape index (κ2) is 8.86. The lowest BCUT2D eigenvalue weighted by molar-refractivity contribution is -0.114. The number of anilines is 2. The molecular weight excluding hydrogens is 442 g/mol. The van der Waals surface area contributed by atoms with Crippen LogP contribution >= 0.6 is 0 Å². The standard InChI is InChI=1S/C23H30F2N8O/c1-7-15-8-20(29-22(28-15)23(4,24)25)33-17-9-19(27-14(3)34)26-10-16(17)21(30-33)32-11-13(2)18(12-32)31(5)6/h8-10,13,18H,7,11-12H2,1-6H3,(H,26,27,34)/t13-,18-/m1/s1. The Morgan fingerprint density at radius 2 is 2.00 bits per heavy atom. The molecule has 11 heteroatoms. The van der Waals surface area contributed by atoms with Crippen molar-refractivity contribution in [3.63, 3.8) is 0 Å². The SMILES string of the molecule is CCc1cc(-n2nc(N3C[C@@H](C)[C@H](N(C)C)C3)c3cnc(NC(C)=O)cc32)nc(C(C)(F)F)n1. The summed E-state index contributed by atoms with van der Waals surface area (Å²) < 4.78 is 29.9. The summed E-state index contributed by atoms with van der Waals surface area (Å²) in [4.78, 5) is 28.6. The lowest BCUT2D eigenvalue weighted by Gasteiger charge is -2.22. The van der Waals surface area contributed by atoms with Gasteiger partial charge in [0.2, 0.25) is 11.7 Å². The van der Waals surface area contributed by atoms with E-state index in [1.807, 2.05) is 6.92 Å². The largest absolute Gasteiger partial charge is 0.353 e. The summed E-state index contributed by atoms with van der Waals surface area (Å²) in [6, 6.07) is 3.70. The number of nitrogens with zero attached hydrogens (tertiary/aromatic N) is 7. The number of nitrogens with one attached hydrogen (secondary N) is 1. The maximum absolute atomic E-state index is 14.2. The van der Waals surface area contributed by atoms with Crippen LogP contribution in [0.5, 0.6) is 0 Å². The Hall–Kier alpha value is -3.21. The van der Waals surface area contributed by atoms with E-state index < -0.39 is 11.7 Å². The van der Waals surface area contributed by atoms with Gasteiger partial charge in [0.25, 0.3) is 0 Å². The van der Waals surface area contributed by atoms with E-state index in [1.54, 1.807) is 23.0 Å².